The number of aryl methyl sites for hydroxylation is 1. The summed E-state index contributed by atoms with van der Waals surface area (Å²) in [4.78, 5) is 11.6. The van der Waals surface area contributed by atoms with Gasteiger partial charge < -0.3 is 4.74 Å². The molecule has 2 atom stereocenters. The minimum atomic E-state index is -1.80. The van der Waals surface area contributed by atoms with Crippen LogP contribution < -0.4 is 9.44 Å². The van der Waals surface area contributed by atoms with Crippen molar-refractivity contribution in [1.82, 2.24) is 9.44 Å². The highest BCUT2D eigenvalue weighted by molar-refractivity contribution is 7.81. The fourth-order valence-electron chi connectivity index (χ4n) is 2.43. The first kappa shape index (κ1) is 17.7. The number of amides is 1. The lowest BCUT2D eigenvalue weighted by Crippen LogP contribution is -2.39. The smallest absolute Gasteiger partial charge is 0.420 e. The van der Waals surface area contributed by atoms with Gasteiger partial charge in [0, 0.05) is 11.1 Å². The summed E-state index contributed by atoms with van der Waals surface area (Å²) in [6, 6.07) is 5.19. The zero-order valence-corrected chi connectivity index (χ0v) is 14.7. The summed E-state index contributed by atoms with van der Waals surface area (Å²) in [6.07, 6.45) is 0.657. The van der Waals surface area contributed by atoms with E-state index in [-0.39, 0.29) is 6.04 Å². The van der Waals surface area contributed by atoms with Crippen LogP contribution in [0.5, 0.6) is 0 Å². The van der Waals surface area contributed by atoms with Crippen LogP contribution >= 0.6 is 11.6 Å². The molecule has 0 radical (unpaired) electrons. The van der Waals surface area contributed by atoms with Crippen LogP contribution in [0, 0.1) is 11.3 Å². The van der Waals surface area contributed by atoms with E-state index >= 15 is 0 Å². The molecule has 1 aliphatic rings. The third-order valence-electron chi connectivity index (χ3n) is 3.22. The van der Waals surface area contributed by atoms with Gasteiger partial charge in [-0.1, -0.05) is 11.6 Å². The lowest BCUT2D eigenvalue weighted by atomic mass is 10.1. The SMILES string of the molecule is CC(C)(C)OC(=O)NS(=O)NC1CCc2cc(C#N)cc(Cl)c21. The molecule has 1 aromatic rings. The van der Waals surface area contributed by atoms with Crippen molar-refractivity contribution < 1.29 is 13.7 Å². The zero-order valence-electron chi connectivity index (χ0n) is 13.1. The molecule has 2 rings (SSSR count). The second-order valence-electron chi connectivity index (χ2n) is 6.22. The lowest BCUT2D eigenvalue weighted by Gasteiger charge is -2.20. The van der Waals surface area contributed by atoms with Crippen LogP contribution in [0.4, 0.5) is 4.79 Å². The molecule has 0 fully saturated rings. The fraction of sp³-hybridized carbons (Fsp3) is 0.467. The predicted octanol–water partition coefficient (Wildman–Crippen LogP) is 2.89. The molecule has 0 aromatic heterocycles. The molecule has 0 heterocycles. The Balaban J connectivity index is 2.03. The van der Waals surface area contributed by atoms with E-state index in [2.05, 4.69) is 15.5 Å². The minimum Gasteiger partial charge on any atom is -0.443 e. The Morgan fingerprint density at radius 1 is 1.48 bits per heavy atom. The normalized spacial score (nSPS) is 18.0. The summed E-state index contributed by atoms with van der Waals surface area (Å²) in [5, 5.41) is 9.42. The van der Waals surface area contributed by atoms with Crippen molar-refractivity contribution in [2.45, 2.75) is 45.3 Å². The number of rotatable bonds is 3. The van der Waals surface area contributed by atoms with E-state index in [1.807, 2.05) is 0 Å². The van der Waals surface area contributed by atoms with Crippen LogP contribution in [0.15, 0.2) is 12.1 Å². The van der Waals surface area contributed by atoms with Crippen molar-refractivity contribution >= 4 is 28.9 Å². The molecule has 6 nitrogen and oxygen atoms in total. The van der Waals surface area contributed by atoms with Crippen LogP contribution in [-0.2, 0) is 22.3 Å². The van der Waals surface area contributed by atoms with Gasteiger partial charge in [0.2, 0.25) is 0 Å². The highest BCUT2D eigenvalue weighted by Crippen LogP contribution is 2.37. The van der Waals surface area contributed by atoms with Crippen molar-refractivity contribution in [3.8, 4) is 6.07 Å². The van der Waals surface area contributed by atoms with Gasteiger partial charge in [-0.25, -0.2) is 18.4 Å². The molecule has 0 aliphatic heterocycles. The monoisotopic (exact) mass is 355 g/mol. The Morgan fingerprint density at radius 3 is 2.78 bits per heavy atom. The Kier molecular flexibility index (Phi) is 5.30. The van der Waals surface area contributed by atoms with Crippen molar-refractivity contribution in [2.75, 3.05) is 0 Å². The van der Waals surface area contributed by atoms with E-state index < -0.39 is 22.9 Å². The third-order valence-corrected chi connectivity index (χ3v) is 4.38. The van der Waals surface area contributed by atoms with Crippen molar-refractivity contribution in [3.63, 3.8) is 0 Å². The first-order valence-electron chi connectivity index (χ1n) is 7.09. The van der Waals surface area contributed by atoms with Gasteiger partial charge in [0.25, 0.3) is 0 Å². The fourth-order valence-corrected chi connectivity index (χ4v) is 3.55. The van der Waals surface area contributed by atoms with E-state index in [0.717, 1.165) is 17.5 Å². The van der Waals surface area contributed by atoms with Crippen molar-refractivity contribution in [3.05, 3.63) is 33.8 Å². The number of nitrogens with one attached hydrogen (secondary N) is 2. The van der Waals surface area contributed by atoms with E-state index in [9.17, 15) is 9.00 Å². The Labute approximate surface area is 142 Å². The number of fused-ring (bicyclic) bond motifs is 1. The maximum absolute atomic E-state index is 12.0. The van der Waals surface area contributed by atoms with Crippen LogP contribution in [0.1, 0.15) is 49.9 Å². The molecule has 1 aliphatic carbocycles. The quantitative estimate of drug-likeness (QED) is 0.872. The number of benzene rings is 1. The number of nitriles is 1. The first-order chi connectivity index (χ1) is 10.7. The standard InChI is InChI=1S/C15H18ClN3O3S/c1-15(2,3)22-14(20)19-23(21)18-12-5-4-10-6-9(8-17)7-11(16)13(10)12/h6-7,12,18H,4-5H2,1-3H3,(H,19,20). The molecular weight excluding hydrogens is 338 g/mol. The number of nitrogens with zero attached hydrogens (tertiary/aromatic N) is 1. The summed E-state index contributed by atoms with van der Waals surface area (Å²) >= 11 is 4.43. The molecular formula is C15H18ClN3O3S. The maximum Gasteiger partial charge on any atom is 0.420 e. The van der Waals surface area contributed by atoms with Crippen LogP contribution in [0.3, 0.4) is 0 Å². The topological polar surface area (TPSA) is 91.2 Å². The predicted molar refractivity (Wildman–Crippen MR) is 87.9 cm³/mol. The van der Waals surface area contributed by atoms with E-state index in [0.29, 0.717) is 17.0 Å². The lowest BCUT2D eigenvalue weighted by molar-refractivity contribution is 0.0572. The van der Waals surface area contributed by atoms with Gasteiger partial charge in [-0.3, -0.25) is 0 Å². The average molecular weight is 356 g/mol. The number of ether oxygens (including phenoxy) is 1. The number of carbonyl (C=O) groups is 1. The van der Waals surface area contributed by atoms with E-state index in [1.54, 1.807) is 32.9 Å². The Hall–Kier alpha value is -1.62. The molecule has 0 bridgehead atoms. The van der Waals surface area contributed by atoms with Gasteiger partial charge in [0.05, 0.1) is 11.6 Å². The molecule has 2 N–H and O–H groups in total. The van der Waals surface area contributed by atoms with Gasteiger partial charge in [-0.15, -0.1) is 0 Å². The minimum absolute atomic E-state index is 0.249. The second kappa shape index (κ2) is 6.87. The molecule has 1 aromatic carbocycles. The molecule has 8 heteroatoms. The second-order valence-corrected chi connectivity index (χ2v) is 7.61. The number of hydrogen-bond acceptors (Lipinski definition) is 4. The van der Waals surface area contributed by atoms with Gasteiger partial charge in [0.1, 0.15) is 5.60 Å². The Morgan fingerprint density at radius 2 is 2.17 bits per heavy atom. The molecule has 0 saturated carbocycles. The summed E-state index contributed by atoms with van der Waals surface area (Å²) in [7, 11) is 0. The van der Waals surface area contributed by atoms with Crippen LogP contribution in [-0.4, -0.2) is 15.9 Å². The number of hydrogen-bond donors (Lipinski definition) is 2. The van der Waals surface area contributed by atoms with Gasteiger partial charge in [-0.05, 0) is 56.9 Å². The maximum atomic E-state index is 12.0. The number of halogens is 1. The van der Waals surface area contributed by atoms with Crippen LogP contribution in [0.25, 0.3) is 0 Å². The van der Waals surface area contributed by atoms with Crippen molar-refractivity contribution in [1.29, 1.82) is 5.26 Å². The van der Waals surface area contributed by atoms with Crippen molar-refractivity contribution in [2.24, 2.45) is 0 Å². The molecule has 1 amide bonds. The summed E-state index contributed by atoms with van der Waals surface area (Å²) in [5.74, 6) is 0. The van der Waals surface area contributed by atoms with Gasteiger partial charge >= 0.3 is 6.09 Å². The van der Waals surface area contributed by atoms with E-state index in [4.69, 9.17) is 21.6 Å². The Bertz CT molecular complexity index is 694. The number of carbonyl (C=O) groups excluding carboxylic acids is 1. The summed E-state index contributed by atoms with van der Waals surface area (Å²) in [6.45, 7) is 5.17. The summed E-state index contributed by atoms with van der Waals surface area (Å²) in [5.41, 5.74) is 1.62. The molecule has 0 spiro atoms. The summed E-state index contributed by atoms with van der Waals surface area (Å²) < 4.78 is 22.1. The first-order valence-corrected chi connectivity index (χ1v) is 8.62. The molecule has 124 valence electrons. The molecule has 0 saturated heterocycles. The highest BCUT2D eigenvalue weighted by Gasteiger charge is 2.28. The highest BCUT2D eigenvalue weighted by atomic mass is 35.5. The van der Waals surface area contributed by atoms with Gasteiger partial charge in [0.15, 0.2) is 11.2 Å². The average Bonchev–Trinajstić information content (AvgIpc) is 2.79. The van der Waals surface area contributed by atoms with Crippen LogP contribution in [0.2, 0.25) is 5.02 Å². The third kappa shape index (κ3) is 4.67. The molecule has 2 unspecified atom stereocenters. The molecule has 23 heavy (non-hydrogen) atoms. The zero-order chi connectivity index (χ0) is 17.2. The largest absolute Gasteiger partial charge is 0.443 e. The van der Waals surface area contributed by atoms with Gasteiger partial charge in [-0.2, -0.15) is 5.26 Å². The van der Waals surface area contributed by atoms with E-state index in [1.165, 1.54) is 0 Å².